The molecule has 0 radical (unpaired) electrons. The monoisotopic (exact) mass is 302 g/mol. The van der Waals surface area contributed by atoms with Crippen LogP contribution >= 0.6 is 11.5 Å². The number of carbonyl (C=O) groups is 1. The minimum Gasteiger partial charge on any atom is -0.370 e. The lowest BCUT2D eigenvalue weighted by Gasteiger charge is -2.28. The van der Waals surface area contributed by atoms with Crippen molar-refractivity contribution in [1.82, 2.24) is 9.59 Å². The maximum Gasteiger partial charge on any atom is 0.277 e. The van der Waals surface area contributed by atoms with Crippen LogP contribution in [0, 0.1) is 0 Å². The summed E-state index contributed by atoms with van der Waals surface area (Å²) in [6, 6.07) is 8.47. The van der Waals surface area contributed by atoms with Gasteiger partial charge < -0.3 is 10.2 Å². The van der Waals surface area contributed by atoms with Gasteiger partial charge in [0.25, 0.3) is 5.91 Å². The number of rotatable bonds is 4. The Balaban J connectivity index is 1.80. The molecule has 110 valence electrons. The van der Waals surface area contributed by atoms with Crippen molar-refractivity contribution in [2.24, 2.45) is 0 Å². The molecular weight excluding hydrogens is 284 g/mol. The van der Waals surface area contributed by atoms with Crippen molar-refractivity contribution in [3.8, 4) is 0 Å². The Labute approximate surface area is 128 Å². The van der Waals surface area contributed by atoms with E-state index in [-0.39, 0.29) is 5.91 Å². The van der Waals surface area contributed by atoms with Gasteiger partial charge >= 0.3 is 0 Å². The van der Waals surface area contributed by atoms with E-state index >= 15 is 0 Å². The van der Waals surface area contributed by atoms with E-state index < -0.39 is 0 Å². The van der Waals surface area contributed by atoms with E-state index in [1.807, 2.05) is 24.3 Å². The van der Waals surface area contributed by atoms with E-state index in [1.54, 1.807) is 5.38 Å². The van der Waals surface area contributed by atoms with Gasteiger partial charge in [0.1, 0.15) is 0 Å². The quantitative estimate of drug-likeness (QED) is 0.942. The molecule has 1 heterocycles. The molecule has 0 bridgehead atoms. The minimum atomic E-state index is -0.212. The van der Waals surface area contributed by atoms with Gasteiger partial charge in [-0.2, -0.15) is 0 Å². The van der Waals surface area contributed by atoms with E-state index in [4.69, 9.17) is 0 Å². The van der Waals surface area contributed by atoms with E-state index in [1.165, 1.54) is 37.2 Å². The number of para-hydroxylation sites is 2. The predicted octanol–water partition coefficient (Wildman–Crippen LogP) is 3.17. The van der Waals surface area contributed by atoms with Gasteiger partial charge in [-0.05, 0) is 36.5 Å². The van der Waals surface area contributed by atoms with Crippen molar-refractivity contribution in [2.75, 3.05) is 17.3 Å². The van der Waals surface area contributed by atoms with E-state index in [2.05, 4.69) is 26.9 Å². The number of aromatic nitrogens is 2. The minimum absolute atomic E-state index is 0.212. The Bertz CT molecular complexity index is 608. The normalized spacial score (nSPS) is 15.1. The van der Waals surface area contributed by atoms with Crippen LogP contribution < -0.4 is 10.2 Å². The highest BCUT2D eigenvalue weighted by molar-refractivity contribution is 7.03. The molecule has 1 aromatic carbocycles. The average Bonchev–Trinajstić information content (AvgIpc) is 3.20. The third-order valence-electron chi connectivity index (χ3n) is 4.00. The highest BCUT2D eigenvalue weighted by Crippen LogP contribution is 2.31. The van der Waals surface area contributed by atoms with Gasteiger partial charge in [-0.3, -0.25) is 4.79 Å². The van der Waals surface area contributed by atoms with E-state index in [0.29, 0.717) is 11.7 Å². The number of nitrogens with zero attached hydrogens (tertiary/aromatic N) is 3. The molecule has 1 amide bonds. The lowest BCUT2D eigenvalue weighted by molar-refractivity contribution is 0.102. The van der Waals surface area contributed by atoms with Crippen LogP contribution in [0.2, 0.25) is 0 Å². The first-order valence-electron chi connectivity index (χ1n) is 7.16. The molecule has 1 N–H and O–H groups in total. The van der Waals surface area contributed by atoms with Crippen molar-refractivity contribution >= 4 is 28.8 Å². The zero-order valence-electron chi connectivity index (χ0n) is 12.0. The van der Waals surface area contributed by atoms with Gasteiger partial charge in [-0.25, -0.2) is 0 Å². The lowest BCUT2D eigenvalue weighted by Crippen LogP contribution is -2.29. The Morgan fingerprint density at radius 2 is 2.10 bits per heavy atom. The number of hydrogen-bond donors (Lipinski definition) is 1. The second kappa shape index (κ2) is 6.22. The summed E-state index contributed by atoms with van der Waals surface area (Å²) in [6.45, 7) is 0. The van der Waals surface area contributed by atoms with Crippen LogP contribution in [0.15, 0.2) is 29.6 Å². The summed E-state index contributed by atoms with van der Waals surface area (Å²) < 4.78 is 3.73. The third-order valence-corrected chi connectivity index (χ3v) is 4.50. The number of carbonyl (C=O) groups excluding carboxylic acids is 1. The molecule has 0 spiro atoms. The summed E-state index contributed by atoms with van der Waals surface area (Å²) in [5.74, 6) is -0.212. The topological polar surface area (TPSA) is 58.1 Å². The van der Waals surface area contributed by atoms with Crippen LogP contribution in [0.5, 0.6) is 0 Å². The zero-order chi connectivity index (χ0) is 14.7. The van der Waals surface area contributed by atoms with Crippen LogP contribution in [0.1, 0.15) is 36.2 Å². The van der Waals surface area contributed by atoms with Gasteiger partial charge in [0.2, 0.25) is 0 Å². The molecule has 1 aliphatic rings. The number of benzene rings is 1. The highest BCUT2D eigenvalue weighted by Gasteiger charge is 2.22. The zero-order valence-corrected chi connectivity index (χ0v) is 12.8. The predicted molar refractivity (Wildman–Crippen MR) is 85.0 cm³/mol. The van der Waals surface area contributed by atoms with E-state index in [0.717, 1.165) is 11.4 Å². The number of anilines is 2. The summed E-state index contributed by atoms with van der Waals surface area (Å²) in [4.78, 5) is 14.4. The maximum absolute atomic E-state index is 12.1. The summed E-state index contributed by atoms with van der Waals surface area (Å²) in [5.41, 5.74) is 2.24. The Morgan fingerprint density at radius 1 is 1.33 bits per heavy atom. The van der Waals surface area contributed by atoms with Crippen LogP contribution in [-0.2, 0) is 0 Å². The molecule has 2 aromatic rings. The van der Waals surface area contributed by atoms with Crippen LogP contribution in [0.3, 0.4) is 0 Å². The van der Waals surface area contributed by atoms with Gasteiger partial charge in [-0.15, -0.1) is 5.10 Å². The Hall–Kier alpha value is -1.95. The van der Waals surface area contributed by atoms with Crippen LogP contribution in [0.4, 0.5) is 11.4 Å². The van der Waals surface area contributed by atoms with E-state index in [9.17, 15) is 4.79 Å². The van der Waals surface area contributed by atoms with Crippen molar-refractivity contribution < 1.29 is 4.79 Å². The lowest BCUT2D eigenvalue weighted by atomic mass is 10.1. The molecule has 5 nitrogen and oxygen atoms in total. The molecule has 21 heavy (non-hydrogen) atoms. The number of nitrogens with one attached hydrogen (secondary N) is 1. The molecule has 0 unspecified atom stereocenters. The molecule has 1 fully saturated rings. The molecule has 6 heteroatoms. The van der Waals surface area contributed by atoms with Crippen LogP contribution in [-0.4, -0.2) is 28.6 Å². The molecule has 1 saturated carbocycles. The Kier molecular flexibility index (Phi) is 4.15. The molecule has 1 aromatic heterocycles. The molecule has 3 rings (SSSR count). The first-order valence-corrected chi connectivity index (χ1v) is 7.99. The third kappa shape index (κ3) is 3.05. The van der Waals surface area contributed by atoms with Gasteiger partial charge in [0, 0.05) is 18.5 Å². The smallest absolute Gasteiger partial charge is 0.277 e. The summed E-state index contributed by atoms with van der Waals surface area (Å²) >= 11 is 1.18. The molecule has 0 atom stereocenters. The van der Waals surface area contributed by atoms with Gasteiger partial charge in [0.15, 0.2) is 5.69 Å². The van der Waals surface area contributed by atoms with Crippen molar-refractivity contribution in [1.29, 1.82) is 0 Å². The van der Waals surface area contributed by atoms with Crippen molar-refractivity contribution in [3.05, 3.63) is 35.3 Å². The fraction of sp³-hybridized carbons (Fsp3) is 0.400. The second-order valence-corrected chi connectivity index (χ2v) is 5.92. The highest BCUT2D eigenvalue weighted by atomic mass is 32.1. The maximum atomic E-state index is 12.1. The largest absolute Gasteiger partial charge is 0.370 e. The molecule has 1 aliphatic carbocycles. The first-order chi connectivity index (χ1) is 10.3. The number of amides is 1. The fourth-order valence-electron chi connectivity index (χ4n) is 2.83. The average molecular weight is 302 g/mol. The fourth-order valence-corrected chi connectivity index (χ4v) is 3.26. The number of hydrogen-bond acceptors (Lipinski definition) is 5. The molecule has 0 saturated heterocycles. The summed E-state index contributed by atoms with van der Waals surface area (Å²) in [7, 11) is 2.10. The first kappa shape index (κ1) is 14.0. The standard InChI is InChI=1S/C15H18N4OS/c1-19(11-6-2-3-7-11)14-9-5-4-8-12(14)16-15(20)13-10-21-18-17-13/h4-5,8-11H,2-3,6-7H2,1H3,(H,16,20). The van der Waals surface area contributed by atoms with Crippen molar-refractivity contribution in [3.63, 3.8) is 0 Å². The van der Waals surface area contributed by atoms with Gasteiger partial charge in [-0.1, -0.05) is 29.5 Å². The summed E-state index contributed by atoms with van der Waals surface area (Å²) in [5, 5.41) is 8.40. The SMILES string of the molecule is CN(c1ccccc1NC(=O)c1csnn1)C1CCCC1. The molecular formula is C15H18N4OS. The van der Waals surface area contributed by atoms with Gasteiger partial charge in [0.05, 0.1) is 11.4 Å². The van der Waals surface area contributed by atoms with Crippen LogP contribution in [0.25, 0.3) is 0 Å². The second-order valence-electron chi connectivity index (χ2n) is 5.31. The summed E-state index contributed by atoms with van der Waals surface area (Å²) in [6.07, 6.45) is 5.01. The Morgan fingerprint density at radius 3 is 2.81 bits per heavy atom. The van der Waals surface area contributed by atoms with Crippen molar-refractivity contribution in [2.45, 2.75) is 31.7 Å². The molecule has 0 aliphatic heterocycles.